The van der Waals surface area contributed by atoms with Crippen molar-refractivity contribution in [2.24, 2.45) is 17.6 Å². The van der Waals surface area contributed by atoms with E-state index in [-0.39, 0.29) is 29.1 Å². The number of carbonyl (C=O) groups excluding carboxylic acids is 1. The van der Waals surface area contributed by atoms with Crippen LogP contribution in [-0.4, -0.2) is 62.4 Å². The molecule has 4 aliphatic rings. The van der Waals surface area contributed by atoms with Gasteiger partial charge in [-0.2, -0.15) is 0 Å². The van der Waals surface area contributed by atoms with Crippen LogP contribution in [0.3, 0.4) is 0 Å². The Morgan fingerprint density at radius 2 is 1.97 bits per heavy atom. The molecule has 3 saturated heterocycles. The molecule has 0 aliphatic carbocycles. The van der Waals surface area contributed by atoms with Gasteiger partial charge in [-0.1, -0.05) is 25.9 Å². The van der Waals surface area contributed by atoms with E-state index in [2.05, 4.69) is 30.8 Å². The first-order chi connectivity index (χ1) is 14.7. The minimum atomic E-state index is -0.473. The third kappa shape index (κ3) is 3.40. The van der Waals surface area contributed by atoms with Gasteiger partial charge in [-0.3, -0.25) is 13.9 Å². The van der Waals surface area contributed by atoms with Gasteiger partial charge >= 0.3 is 5.69 Å². The zero-order chi connectivity index (χ0) is 21.9. The number of imidazole rings is 1. The van der Waals surface area contributed by atoms with Gasteiger partial charge in [0.05, 0.1) is 5.52 Å². The van der Waals surface area contributed by atoms with Gasteiger partial charge in [-0.15, -0.1) is 0 Å². The second-order valence-corrected chi connectivity index (χ2v) is 10.1. The fourth-order valence-corrected chi connectivity index (χ4v) is 5.06. The van der Waals surface area contributed by atoms with Crippen molar-refractivity contribution in [1.29, 1.82) is 0 Å². The van der Waals surface area contributed by atoms with Gasteiger partial charge in [-0.25, -0.2) is 9.78 Å². The Morgan fingerprint density at radius 3 is 2.61 bits per heavy atom. The van der Waals surface area contributed by atoms with Crippen molar-refractivity contribution >= 4 is 29.1 Å². The zero-order valence-electron chi connectivity index (χ0n) is 18.6. The van der Waals surface area contributed by atoms with Gasteiger partial charge in [0.2, 0.25) is 6.10 Å². The van der Waals surface area contributed by atoms with Crippen molar-refractivity contribution in [3.8, 4) is 0 Å². The van der Waals surface area contributed by atoms with Crippen molar-refractivity contribution in [2.45, 2.75) is 64.8 Å². The van der Waals surface area contributed by atoms with Gasteiger partial charge in [-0.05, 0) is 30.4 Å². The molecule has 2 aromatic heterocycles. The number of hydrogen-bond donors (Lipinski definition) is 0. The fourth-order valence-electron chi connectivity index (χ4n) is 5.06. The highest BCUT2D eigenvalue weighted by molar-refractivity contribution is 5.85. The van der Waals surface area contributed by atoms with E-state index >= 15 is 0 Å². The predicted octanol–water partition coefficient (Wildman–Crippen LogP) is 1.74. The minimum absolute atomic E-state index is 0.00707. The quantitative estimate of drug-likeness (QED) is 0.746. The van der Waals surface area contributed by atoms with E-state index in [9.17, 15) is 9.59 Å². The third-order valence-electron chi connectivity index (χ3n) is 6.56. The molecule has 2 bridgehead atoms. The number of carbonyl (C=O) groups is 1. The number of piperidine rings is 2. The summed E-state index contributed by atoms with van der Waals surface area (Å²) in [4.78, 5) is 40.1. The summed E-state index contributed by atoms with van der Waals surface area (Å²) in [5, 5.41) is 3.75. The molecule has 0 radical (unpaired) electrons. The number of hydrogen-bond acceptors (Lipinski definition) is 6. The number of nitrogens with zero attached hydrogens (tertiary/aromatic N) is 6. The molecule has 0 aromatic carbocycles. The topological polar surface area (TPSA) is 85.0 Å². The third-order valence-corrected chi connectivity index (χ3v) is 6.56. The maximum atomic E-state index is 12.9. The average molecular weight is 427 g/mol. The van der Waals surface area contributed by atoms with Crippen molar-refractivity contribution in [3.63, 3.8) is 0 Å². The summed E-state index contributed by atoms with van der Waals surface area (Å²) in [5.74, 6) is 0.912. The maximum absolute atomic E-state index is 12.9. The van der Waals surface area contributed by atoms with E-state index in [1.54, 1.807) is 17.8 Å². The summed E-state index contributed by atoms with van der Waals surface area (Å²) in [6, 6.07) is 4.39. The molecule has 166 valence electrons. The number of amides is 1. The SMILES string of the molecule is Cn1c(=O)n(CC(C)(C)C)c2ccc(N3CC4CCC3CN4C(=O)C3CC=NO3)nc21. The average Bonchev–Trinajstić information content (AvgIpc) is 3.36. The van der Waals surface area contributed by atoms with E-state index in [0.29, 0.717) is 25.2 Å². The molecule has 0 spiro atoms. The van der Waals surface area contributed by atoms with E-state index in [0.717, 1.165) is 30.7 Å². The molecule has 0 N–H and O–H groups in total. The standard InChI is InChI=1S/C22H30N6O3/c1-22(2,3)13-28-16-7-8-18(24-19(16)25(4)21(28)30)26-11-15-6-5-14(26)12-27(15)20(29)17-9-10-23-31-17/h7-8,10,14-15,17H,5-6,9,11-13H2,1-4H3. The molecule has 6 heterocycles. The van der Waals surface area contributed by atoms with Crippen molar-refractivity contribution in [3.05, 3.63) is 22.6 Å². The van der Waals surface area contributed by atoms with Crippen LogP contribution in [0.5, 0.6) is 0 Å². The molecule has 3 unspecified atom stereocenters. The highest BCUT2D eigenvalue weighted by atomic mass is 16.6. The number of piperazine rings is 1. The van der Waals surface area contributed by atoms with Crippen LogP contribution in [0.4, 0.5) is 5.82 Å². The zero-order valence-corrected chi connectivity index (χ0v) is 18.6. The van der Waals surface area contributed by atoms with Crippen molar-refractivity contribution in [2.75, 3.05) is 18.0 Å². The van der Waals surface area contributed by atoms with Crippen LogP contribution in [-0.2, 0) is 23.2 Å². The first-order valence-corrected chi connectivity index (χ1v) is 11.0. The summed E-state index contributed by atoms with van der Waals surface area (Å²) >= 11 is 0. The van der Waals surface area contributed by atoms with Gasteiger partial charge in [0.1, 0.15) is 5.82 Å². The molecule has 0 saturated carbocycles. The van der Waals surface area contributed by atoms with Gasteiger partial charge in [0, 0.05) is 51.4 Å². The molecule has 3 atom stereocenters. The number of aryl methyl sites for hydroxylation is 1. The number of pyridine rings is 1. The van der Waals surface area contributed by atoms with E-state index in [1.807, 2.05) is 21.6 Å². The number of fused-ring (bicyclic) bond motifs is 4. The second-order valence-electron chi connectivity index (χ2n) is 10.1. The Morgan fingerprint density at radius 1 is 1.19 bits per heavy atom. The minimum Gasteiger partial charge on any atom is -0.382 e. The van der Waals surface area contributed by atoms with Gasteiger partial charge in [0.25, 0.3) is 5.91 Å². The van der Waals surface area contributed by atoms with Crippen LogP contribution in [0, 0.1) is 5.41 Å². The molecule has 9 heteroatoms. The van der Waals surface area contributed by atoms with Crippen LogP contribution in [0.15, 0.2) is 22.1 Å². The molecule has 1 amide bonds. The lowest BCUT2D eigenvalue weighted by atomic mass is 9.90. The number of aromatic nitrogens is 3. The Labute approximate surface area is 181 Å². The van der Waals surface area contributed by atoms with Gasteiger partial charge < -0.3 is 14.6 Å². The Kier molecular flexibility index (Phi) is 4.60. The lowest BCUT2D eigenvalue weighted by Crippen LogP contribution is -2.65. The van der Waals surface area contributed by atoms with Crippen LogP contribution >= 0.6 is 0 Å². The summed E-state index contributed by atoms with van der Waals surface area (Å²) in [7, 11) is 1.78. The van der Waals surface area contributed by atoms with Crippen LogP contribution in [0.1, 0.15) is 40.0 Å². The molecule has 3 fully saturated rings. The lowest BCUT2D eigenvalue weighted by molar-refractivity contribution is -0.147. The predicted molar refractivity (Wildman–Crippen MR) is 118 cm³/mol. The van der Waals surface area contributed by atoms with Crippen LogP contribution in [0.2, 0.25) is 0 Å². The molecule has 9 nitrogen and oxygen atoms in total. The summed E-state index contributed by atoms with van der Waals surface area (Å²) < 4.78 is 3.46. The second kappa shape index (κ2) is 7.10. The van der Waals surface area contributed by atoms with E-state index in [4.69, 9.17) is 9.82 Å². The fraction of sp³-hybridized carbons (Fsp3) is 0.636. The lowest BCUT2D eigenvalue weighted by Gasteiger charge is -2.52. The first-order valence-electron chi connectivity index (χ1n) is 11.0. The Hall–Kier alpha value is -2.84. The number of rotatable bonds is 3. The Bertz CT molecular complexity index is 1100. The smallest absolute Gasteiger partial charge is 0.330 e. The van der Waals surface area contributed by atoms with Crippen LogP contribution < -0.4 is 10.6 Å². The maximum Gasteiger partial charge on any atom is 0.330 e. The normalized spacial score (nSPS) is 25.5. The highest BCUT2D eigenvalue weighted by Gasteiger charge is 2.44. The van der Waals surface area contributed by atoms with Crippen LogP contribution in [0.25, 0.3) is 11.2 Å². The summed E-state index contributed by atoms with van der Waals surface area (Å²) in [6.45, 7) is 8.44. The van der Waals surface area contributed by atoms with E-state index < -0.39 is 6.10 Å². The molecule has 2 aromatic rings. The largest absolute Gasteiger partial charge is 0.382 e. The van der Waals surface area contributed by atoms with E-state index in [1.165, 1.54) is 0 Å². The Balaban J connectivity index is 1.41. The van der Waals surface area contributed by atoms with Crippen molar-refractivity contribution < 1.29 is 9.63 Å². The molecule has 6 rings (SSSR count). The molecule has 31 heavy (non-hydrogen) atoms. The van der Waals surface area contributed by atoms with Crippen molar-refractivity contribution in [1.82, 2.24) is 19.0 Å². The summed E-state index contributed by atoms with van der Waals surface area (Å²) in [5.41, 5.74) is 1.53. The number of anilines is 1. The first kappa shape index (κ1) is 20.1. The molecular formula is C22H30N6O3. The summed E-state index contributed by atoms with van der Waals surface area (Å²) in [6.07, 6.45) is 3.75. The molecule has 4 aliphatic heterocycles. The monoisotopic (exact) mass is 426 g/mol. The molecular weight excluding hydrogens is 396 g/mol. The number of oxime groups is 1. The highest BCUT2D eigenvalue weighted by Crippen LogP contribution is 2.33. The van der Waals surface area contributed by atoms with Gasteiger partial charge in [0.15, 0.2) is 5.65 Å².